The number of methoxy groups -OCH3 is 1. The fourth-order valence-corrected chi connectivity index (χ4v) is 4.57. The molecule has 1 N–H and O–H groups in total. The maximum absolute atomic E-state index is 12.7. The van der Waals surface area contributed by atoms with E-state index in [1.165, 1.54) is 0 Å². The Hall–Kier alpha value is -3.42. The SMILES string of the molecule is COc1nn(C)c2nc(C)c(CCC(=O)Nc3ccc4c(c3)CCCN4C(C)=O)c(C)c12. The first-order valence-electron chi connectivity index (χ1n) is 10.9. The highest BCUT2D eigenvalue weighted by atomic mass is 16.5. The molecule has 0 saturated heterocycles. The van der Waals surface area contributed by atoms with Gasteiger partial charge in [-0.2, -0.15) is 0 Å². The van der Waals surface area contributed by atoms with Crippen LogP contribution >= 0.6 is 0 Å². The zero-order chi connectivity index (χ0) is 23.0. The number of nitrogens with zero attached hydrogens (tertiary/aromatic N) is 4. The molecule has 0 spiro atoms. The molecule has 32 heavy (non-hydrogen) atoms. The van der Waals surface area contributed by atoms with Gasteiger partial charge in [-0.3, -0.25) is 9.59 Å². The van der Waals surface area contributed by atoms with Crippen molar-refractivity contribution in [2.24, 2.45) is 7.05 Å². The molecule has 8 heteroatoms. The van der Waals surface area contributed by atoms with Gasteiger partial charge < -0.3 is 15.0 Å². The summed E-state index contributed by atoms with van der Waals surface area (Å²) < 4.78 is 7.14. The predicted molar refractivity (Wildman–Crippen MR) is 124 cm³/mol. The first kappa shape index (κ1) is 21.8. The lowest BCUT2D eigenvalue weighted by Gasteiger charge is -2.29. The van der Waals surface area contributed by atoms with Gasteiger partial charge in [0.15, 0.2) is 5.65 Å². The molecule has 1 aliphatic heterocycles. The van der Waals surface area contributed by atoms with Crippen molar-refractivity contribution < 1.29 is 14.3 Å². The molecule has 3 heterocycles. The third kappa shape index (κ3) is 3.92. The van der Waals surface area contributed by atoms with E-state index in [-0.39, 0.29) is 11.8 Å². The molecule has 0 bridgehead atoms. The topological polar surface area (TPSA) is 89.3 Å². The van der Waals surface area contributed by atoms with E-state index in [1.807, 2.05) is 39.1 Å². The van der Waals surface area contributed by atoms with Crippen LogP contribution in [0.2, 0.25) is 0 Å². The average Bonchev–Trinajstić information content (AvgIpc) is 3.08. The minimum atomic E-state index is -0.0544. The van der Waals surface area contributed by atoms with Crippen LogP contribution in [-0.4, -0.2) is 40.2 Å². The van der Waals surface area contributed by atoms with Crippen molar-refractivity contribution in [1.82, 2.24) is 14.8 Å². The van der Waals surface area contributed by atoms with E-state index in [0.29, 0.717) is 18.7 Å². The number of pyridine rings is 1. The number of hydrogen-bond acceptors (Lipinski definition) is 5. The Balaban J connectivity index is 1.49. The van der Waals surface area contributed by atoms with Crippen LogP contribution in [0.3, 0.4) is 0 Å². The van der Waals surface area contributed by atoms with E-state index in [4.69, 9.17) is 9.72 Å². The maximum atomic E-state index is 12.7. The number of rotatable bonds is 5. The van der Waals surface area contributed by atoms with Crippen LogP contribution in [0.4, 0.5) is 11.4 Å². The molecular formula is C24H29N5O3. The Labute approximate surface area is 187 Å². The summed E-state index contributed by atoms with van der Waals surface area (Å²) in [6, 6.07) is 5.77. The lowest BCUT2D eigenvalue weighted by atomic mass is 9.99. The number of aromatic nitrogens is 3. The molecule has 0 atom stereocenters. The van der Waals surface area contributed by atoms with Gasteiger partial charge in [-0.25, -0.2) is 9.67 Å². The number of nitrogens with one attached hydrogen (secondary N) is 1. The summed E-state index contributed by atoms with van der Waals surface area (Å²) in [5.74, 6) is 0.539. The Kier molecular flexibility index (Phi) is 5.86. The second-order valence-electron chi connectivity index (χ2n) is 8.30. The van der Waals surface area contributed by atoms with Crippen molar-refractivity contribution in [2.75, 3.05) is 23.9 Å². The zero-order valence-electron chi connectivity index (χ0n) is 19.3. The van der Waals surface area contributed by atoms with Crippen LogP contribution in [0.15, 0.2) is 18.2 Å². The van der Waals surface area contributed by atoms with Gasteiger partial charge in [-0.1, -0.05) is 0 Å². The Morgan fingerprint density at radius 3 is 2.75 bits per heavy atom. The monoisotopic (exact) mass is 435 g/mol. The minimum Gasteiger partial charge on any atom is -0.479 e. The predicted octanol–water partition coefficient (Wildman–Crippen LogP) is 3.46. The molecular weight excluding hydrogens is 406 g/mol. The third-order valence-corrected chi connectivity index (χ3v) is 6.18. The van der Waals surface area contributed by atoms with Gasteiger partial charge in [0.25, 0.3) is 0 Å². The zero-order valence-corrected chi connectivity index (χ0v) is 19.3. The quantitative estimate of drug-likeness (QED) is 0.663. The minimum absolute atomic E-state index is 0.0456. The number of carbonyl (C=O) groups excluding carboxylic acids is 2. The number of fused-ring (bicyclic) bond motifs is 2. The van der Waals surface area contributed by atoms with Crippen molar-refractivity contribution in [3.63, 3.8) is 0 Å². The van der Waals surface area contributed by atoms with Crippen LogP contribution in [0.25, 0.3) is 11.0 Å². The second kappa shape index (κ2) is 8.61. The van der Waals surface area contributed by atoms with Gasteiger partial charge in [0, 0.05) is 44.0 Å². The van der Waals surface area contributed by atoms with Crippen LogP contribution < -0.4 is 15.0 Å². The number of hydrogen-bond donors (Lipinski definition) is 1. The maximum Gasteiger partial charge on any atom is 0.242 e. The van der Waals surface area contributed by atoms with E-state index in [9.17, 15) is 9.59 Å². The van der Waals surface area contributed by atoms with E-state index >= 15 is 0 Å². The summed E-state index contributed by atoms with van der Waals surface area (Å²) in [4.78, 5) is 31.1. The van der Waals surface area contributed by atoms with Gasteiger partial charge >= 0.3 is 0 Å². The number of ether oxygens (including phenoxy) is 1. The van der Waals surface area contributed by atoms with Crippen LogP contribution in [0, 0.1) is 13.8 Å². The standard InChI is InChI=1S/C24H29N5O3/c1-14-19(15(2)25-23-22(14)24(32-5)27-28(23)4)9-11-21(31)26-18-8-10-20-17(13-18)7-6-12-29(20)16(3)30/h8,10,13H,6-7,9,11-12H2,1-5H3,(H,26,31). The summed E-state index contributed by atoms with van der Waals surface area (Å²) in [6.45, 7) is 6.32. The number of carbonyl (C=O) groups is 2. The van der Waals surface area contributed by atoms with E-state index in [1.54, 1.807) is 23.6 Å². The Bertz CT molecular complexity index is 1210. The molecule has 1 aliphatic rings. The lowest BCUT2D eigenvalue weighted by molar-refractivity contribution is -0.117. The molecule has 0 unspecified atom stereocenters. The highest BCUT2D eigenvalue weighted by Gasteiger charge is 2.21. The smallest absolute Gasteiger partial charge is 0.242 e. The van der Waals surface area contributed by atoms with Gasteiger partial charge in [-0.05, 0) is 68.0 Å². The third-order valence-electron chi connectivity index (χ3n) is 6.18. The van der Waals surface area contributed by atoms with Crippen LogP contribution in [-0.2, 0) is 29.5 Å². The highest BCUT2D eigenvalue weighted by Crippen LogP contribution is 2.31. The van der Waals surface area contributed by atoms with Gasteiger partial charge in [-0.15, -0.1) is 5.10 Å². The first-order chi connectivity index (χ1) is 15.3. The van der Waals surface area contributed by atoms with Crippen molar-refractivity contribution in [3.05, 3.63) is 40.6 Å². The largest absolute Gasteiger partial charge is 0.479 e. The highest BCUT2D eigenvalue weighted by molar-refractivity contribution is 5.95. The van der Waals surface area contributed by atoms with Gasteiger partial charge in [0.2, 0.25) is 17.7 Å². The van der Waals surface area contributed by atoms with Crippen molar-refractivity contribution in [2.45, 2.75) is 46.5 Å². The normalized spacial score (nSPS) is 13.2. The molecule has 1 aromatic carbocycles. The summed E-state index contributed by atoms with van der Waals surface area (Å²) in [5.41, 5.74) is 6.55. The molecule has 2 amide bonds. The fourth-order valence-electron chi connectivity index (χ4n) is 4.57. The molecule has 0 saturated carbocycles. The summed E-state index contributed by atoms with van der Waals surface area (Å²) in [6.07, 6.45) is 2.75. The number of aryl methyl sites for hydroxylation is 4. The number of amides is 2. The molecule has 0 aliphatic carbocycles. The van der Waals surface area contributed by atoms with Crippen molar-refractivity contribution in [3.8, 4) is 5.88 Å². The molecule has 4 rings (SSSR count). The van der Waals surface area contributed by atoms with E-state index in [0.717, 1.165) is 64.2 Å². The van der Waals surface area contributed by atoms with Crippen LogP contribution in [0.1, 0.15) is 42.1 Å². The average molecular weight is 436 g/mol. The summed E-state index contributed by atoms with van der Waals surface area (Å²) in [5, 5.41) is 8.28. The fraction of sp³-hybridized carbons (Fsp3) is 0.417. The number of benzene rings is 1. The first-order valence-corrected chi connectivity index (χ1v) is 10.9. The molecule has 168 valence electrons. The van der Waals surface area contributed by atoms with E-state index in [2.05, 4.69) is 10.4 Å². The molecule has 8 nitrogen and oxygen atoms in total. The molecule has 0 fully saturated rings. The second-order valence-corrected chi connectivity index (χ2v) is 8.30. The summed E-state index contributed by atoms with van der Waals surface area (Å²) in [7, 11) is 3.44. The molecule has 0 radical (unpaired) electrons. The van der Waals surface area contributed by atoms with Crippen molar-refractivity contribution in [1.29, 1.82) is 0 Å². The van der Waals surface area contributed by atoms with Gasteiger partial charge in [0.1, 0.15) is 0 Å². The lowest BCUT2D eigenvalue weighted by Crippen LogP contribution is -2.33. The Morgan fingerprint density at radius 2 is 2.03 bits per heavy atom. The molecule has 2 aromatic heterocycles. The Morgan fingerprint density at radius 1 is 1.25 bits per heavy atom. The van der Waals surface area contributed by atoms with E-state index < -0.39 is 0 Å². The van der Waals surface area contributed by atoms with Crippen molar-refractivity contribution >= 4 is 34.2 Å². The number of anilines is 2. The summed E-state index contributed by atoms with van der Waals surface area (Å²) >= 11 is 0. The van der Waals surface area contributed by atoms with Gasteiger partial charge in [0.05, 0.1) is 12.5 Å². The van der Waals surface area contributed by atoms with Crippen LogP contribution in [0.5, 0.6) is 5.88 Å². The molecule has 3 aromatic rings.